The van der Waals surface area contributed by atoms with Crippen molar-refractivity contribution in [2.24, 2.45) is 0 Å². The van der Waals surface area contributed by atoms with Crippen LogP contribution in [0.5, 0.6) is 0 Å². The van der Waals surface area contributed by atoms with Crippen LogP contribution in [0.25, 0.3) is 10.8 Å². The molecule has 2 rings (SSSR count). The van der Waals surface area contributed by atoms with Crippen LogP contribution in [0.15, 0.2) is 18.5 Å². The van der Waals surface area contributed by atoms with E-state index in [9.17, 15) is 4.79 Å². The summed E-state index contributed by atoms with van der Waals surface area (Å²) in [5, 5.41) is 9.19. The zero-order chi connectivity index (χ0) is 14.5. The van der Waals surface area contributed by atoms with Gasteiger partial charge in [-0.1, -0.05) is 0 Å². The smallest absolute Gasteiger partial charge is 0.265 e. The Bertz CT molecular complexity index is 647. The first kappa shape index (κ1) is 14.1. The van der Waals surface area contributed by atoms with Crippen LogP contribution < -0.4 is 0 Å². The third-order valence-corrected chi connectivity index (χ3v) is 3.79. The van der Waals surface area contributed by atoms with E-state index in [-0.39, 0.29) is 5.91 Å². The number of aromatic nitrogens is 3. The van der Waals surface area contributed by atoms with Crippen molar-refractivity contribution in [3.63, 3.8) is 0 Å². The van der Waals surface area contributed by atoms with Gasteiger partial charge in [-0.25, -0.2) is 15.0 Å². The van der Waals surface area contributed by atoms with Crippen molar-refractivity contribution in [3.05, 3.63) is 29.0 Å². The van der Waals surface area contributed by atoms with Crippen LogP contribution in [-0.2, 0) is 0 Å². The van der Waals surface area contributed by atoms with Gasteiger partial charge in [-0.15, -0.1) is 11.3 Å². The number of carbonyl (C=O) groups is 1. The Morgan fingerprint density at radius 3 is 2.80 bits per heavy atom. The van der Waals surface area contributed by atoms with Crippen molar-refractivity contribution in [1.82, 2.24) is 19.9 Å². The van der Waals surface area contributed by atoms with Gasteiger partial charge >= 0.3 is 0 Å². The van der Waals surface area contributed by atoms with E-state index in [0.717, 1.165) is 0 Å². The van der Waals surface area contributed by atoms with Crippen LogP contribution in [0.4, 0.5) is 0 Å². The molecular formula is C13H13N5OS. The molecular weight excluding hydrogens is 274 g/mol. The molecule has 20 heavy (non-hydrogen) atoms. The first-order valence-electron chi connectivity index (χ1n) is 6.00. The lowest BCUT2D eigenvalue weighted by Gasteiger charge is -2.14. The minimum atomic E-state index is -0.127. The molecule has 1 amide bonds. The predicted octanol–water partition coefficient (Wildman–Crippen LogP) is 1.89. The second-order valence-electron chi connectivity index (χ2n) is 4.14. The highest BCUT2D eigenvalue weighted by Gasteiger charge is 2.20. The van der Waals surface area contributed by atoms with E-state index >= 15 is 0 Å². The highest BCUT2D eigenvalue weighted by molar-refractivity contribution is 7.17. The summed E-state index contributed by atoms with van der Waals surface area (Å²) in [5.41, 5.74) is 0.659. The Kier molecular flexibility index (Phi) is 4.38. The predicted molar refractivity (Wildman–Crippen MR) is 75.1 cm³/mol. The molecule has 0 fully saturated rings. The van der Waals surface area contributed by atoms with Crippen molar-refractivity contribution in [2.75, 3.05) is 13.6 Å². The third kappa shape index (κ3) is 2.97. The number of rotatable bonds is 4. The van der Waals surface area contributed by atoms with Gasteiger partial charge in [0.1, 0.15) is 4.88 Å². The van der Waals surface area contributed by atoms with Gasteiger partial charge in [0.25, 0.3) is 5.91 Å². The van der Waals surface area contributed by atoms with Gasteiger partial charge in [0, 0.05) is 26.0 Å². The topological polar surface area (TPSA) is 82.8 Å². The number of hydrogen-bond donors (Lipinski definition) is 0. The van der Waals surface area contributed by atoms with Gasteiger partial charge in [0.15, 0.2) is 10.8 Å². The minimum Gasteiger partial charge on any atom is -0.340 e. The van der Waals surface area contributed by atoms with Crippen LogP contribution >= 0.6 is 11.3 Å². The molecule has 0 saturated heterocycles. The highest BCUT2D eigenvalue weighted by atomic mass is 32.1. The van der Waals surface area contributed by atoms with Crippen LogP contribution in [0.1, 0.15) is 21.8 Å². The molecule has 7 heteroatoms. The fourth-order valence-electron chi connectivity index (χ4n) is 1.59. The standard InChI is InChI=1S/C13H13N5OS/c1-9-10(13(19)18(2)8-3-5-14)20-12(17-9)11-15-6-4-7-16-11/h4,6-7H,3,8H2,1-2H3. The Labute approximate surface area is 120 Å². The zero-order valence-electron chi connectivity index (χ0n) is 11.2. The summed E-state index contributed by atoms with van der Waals surface area (Å²) >= 11 is 1.27. The molecule has 0 aliphatic carbocycles. The Morgan fingerprint density at radius 1 is 1.45 bits per heavy atom. The quantitative estimate of drug-likeness (QED) is 0.857. The van der Waals surface area contributed by atoms with Gasteiger partial charge in [-0.05, 0) is 13.0 Å². The molecule has 2 aromatic heterocycles. The zero-order valence-corrected chi connectivity index (χ0v) is 12.0. The molecule has 2 heterocycles. The second kappa shape index (κ2) is 6.21. The number of carbonyl (C=O) groups excluding carboxylic acids is 1. The Hall–Kier alpha value is -2.33. The van der Waals surface area contributed by atoms with E-state index in [1.165, 1.54) is 16.2 Å². The lowest BCUT2D eigenvalue weighted by Crippen LogP contribution is -2.27. The Morgan fingerprint density at radius 2 is 2.15 bits per heavy atom. The first-order valence-corrected chi connectivity index (χ1v) is 6.82. The molecule has 0 saturated carbocycles. The molecule has 0 aromatic carbocycles. The molecule has 0 radical (unpaired) electrons. The molecule has 0 unspecified atom stereocenters. The van der Waals surface area contributed by atoms with Gasteiger partial charge in [0.2, 0.25) is 0 Å². The molecule has 2 aromatic rings. The average molecular weight is 287 g/mol. The van der Waals surface area contributed by atoms with Crippen LogP contribution in [0, 0.1) is 18.3 Å². The molecule has 0 N–H and O–H groups in total. The summed E-state index contributed by atoms with van der Waals surface area (Å²) < 4.78 is 0. The van der Waals surface area contributed by atoms with Gasteiger partial charge in [-0.3, -0.25) is 4.79 Å². The van der Waals surface area contributed by atoms with Crippen molar-refractivity contribution in [1.29, 1.82) is 5.26 Å². The maximum atomic E-state index is 12.3. The number of aryl methyl sites for hydroxylation is 1. The van der Waals surface area contributed by atoms with E-state index in [4.69, 9.17) is 5.26 Å². The van der Waals surface area contributed by atoms with Gasteiger partial charge < -0.3 is 4.90 Å². The van der Waals surface area contributed by atoms with Gasteiger partial charge in [0.05, 0.1) is 18.2 Å². The van der Waals surface area contributed by atoms with E-state index < -0.39 is 0 Å². The monoisotopic (exact) mass is 287 g/mol. The lowest BCUT2D eigenvalue weighted by molar-refractivity contribution is 0.0802. The van der Waals surface area contributed by atoms with Crippen molar-refractivity contribution >= 4 is 17.2 Å². The molecule has 0 bridgehead atoms. The molecule has 0 aliphatic heterocycles. The third-order valence-electron chi connectivity index (χ3n) is 2.65. The molecule has 6 nitrogen and oxygen atoms in total. The summed E-state index contributed by atoms with van der Waals surface area (Å²) in [5.74, 6) is 0.386. The largest absolute Gasteiger partial charge is 0.340 e. The van der Waals surface area contributed by atoms with E-state index in [0.29, 0.717) is 34.4 Å². The molecule has 0 spiro atoms. The van der Waals surface area contributed by atoms with Gasteiger partial charge in [-0.2, -0.15) is 5.26 Å². The molecule has 0 aliphatic rings. The van der Waals surface area contributed by atoms with Crippen molar-refractivity contribution in [2.45, 2.75) is 13.3 Å². The summed E-state index contributed by atoms with van der Waals surface area (Å²) in [4.78, 5) is 26.9. The summed E-state index contributed by atoms with van der Waals surface area (Å²) in [6, 6.07) is 3.75. The highest BCUT2D eigenvalue weighted by Crippen LogP contribution is 2.26. The number of hydrogen-bond acceptors (Lipinski definition) is 6. The van der Waals surface area contributed by atoms with Crippen LogP contribution in [0.2, 0.25) is 0 Å². The molecule has 102 valence electrons. The van der Waals surface area contributed by atoms with Crippen LogP contribution in [0.3, 0.4) is 0 Å². The van der Waals surface area contributed by atoms with E-state index in [2.05, 4.69) is 15.0 Å². The molecule has 0 atom stereocenters. The summed E-state index contributed by atoms with van der Waals surface area (Å²) in [7, 11) is 1.68. The maximum Gasteiger partial charge on any atom is 0.265 e. The number of nitrogens with zero attached hydrogens (tertiary/aromatic N) is 5. The Balaban J connectivity index is 2.24. The minimum absolute atomic E-state index is 0.127. The summed E-state index contributed by atoms with van der Waals surface area (Å²) in [6.07, 6.45) is 3.59. The van der Waals surface area contributed by atoms with Crippen molar-refractivity contribution < 1.29 is 4.79 Å². The first-order chi connectivity index (χ1) is 9.63. The fourth-order valence-corrected chi connectivity index (χ4v) is 2.60. The van der Waals surface area contributed by atoms with E-state index in [1.807, 2.05) is 6.07 Å². The normalized spacial score (nSPS) is 10.1. The summed E-state index contributed by atoms with van der Waals surface area (Å²) in [6.45, 7) is 2.19. The lowest BCUT2D eigenvalue weighted by atomic mass is 10.3. The second-order valence-corrected chi connectivity index (χ2v) is 5.14. The average Bonchev–Trinajstić information content (AvgIpc) is 2.87. The SMILES string of the molecule is Cc1nc(-c2ncccn2)sc1C(=O)N(C)CCC#N. The number of nitriles is 1. The number of amides is 1. The van der Waals surface area contributed by atoms with Crippen molar-refractivity contribution in [3.8, 4) is 16.9 Å². The van der Waals surface area contributed by atoms with E-state index in [1.54, 1.807) is 32.4 Å². The fraction of sp³-hybridized carbons (Fsp3) is 0.308. The maximum absolute atomic E-state index is 12.3. The van der Waals surface area contributed by atoms with Crippen LogP contribution in [-0.4, -0.2) is 39.4 Å². The number of thiazole rings is 1.